The molecule has 4 nitrogen and oxygen atoms in total. The summed E-state index contributed by atoms with van der Waals surface area (Å²) in [5.74, 6) is 0. The van der Waals surface area contributed by atoms with Gasteiger partial charge in [-0.15, -0.1) is 0 Å². The van der Waals surface area contributed by atoms with E-state index in [-0.39, 0.29) is 0 Å². The van der Waals surface area contributed by atoms with Crippen LogP contribution in [0.2, 0.25) is 0 Å². The van der Waals surface area contributed by atoms with Gasteiger partial charge in [-0.3, -0.25) is 4.57 Å². The molecule has 0 fully saturated rings. The molecule has 0 bridgehead atoms. The molecule has 0 heterocycles. The van der Waals surface area contributed by atoms with Crippen LogP contribution in [0.5, 0.6) is 0 Å². The Morgan fingerprint density at radius 3 is 1.03 bits per heavy atom. The van der Waals surface area contributed by atoms with Crippen LogP contribution in [0.3, 0.4) is 0 Å². The van der Waals surface area contributed by atoms with E-state index in [2.05, 4.69) is 54.2 Å². The highest BCUT2D eigenvalue weighted by molar-refractivity contribution is 7.68. The van der Waals surface area contributed by atoms with E-state index in [0.29, 0.717) is 0 Å². The molecule has 0 unspecified atom stereocenters. The summed E-state index contributed by atoms with van der Waals surface area (Å²) in [6.45, 7) is 12.2. The predicted molar refractivity (Wildman–Crippen MR) is 126 cm³/mol. The van der Waals surface area contributed by atoms with Gasteiger partial charge in [-0.2, -0.15) is 0 Å². The maximum atomic E-state index is 14.1. The van der Waals surface area contributed by atoms with E-state index >= 15 is 0 Å². The quantitative estimate of drug-likeness (QED) is 0.376. The van der Waals surface area contributed by atoms with Crippen molar-refractivity contribution in [2.24, 2.45) is 0 Å². The van der Waals surface area contributed by atoms with E-state index < -0.39 is 7.59 Å². The lowest BCUT2D eigenvalue weighted by Crippen LogP contribution is -2.15. The summed E-state index contributed by atoms with van der Waals surface area (Å²) >= 11 is 0. The average Bonchev–Trinajstić information content (AvgIpc) is 2.63. The molecule has 5 heteroatoms. The van der Waals surface area contributed by atoms with Crippen molar-refractivity contribution in [1.29, 1.82) is 0 Å². The van der Waals surface area contributed by atoms with Crippen molar-refractivity contribution in [3.63, 3.8) is 0 Å². The van der Waals surface area contributed by atoms with Crippen molar-refractivity contribution in [1.82, 2.24) is 0 Å². The number of aryl methyl sites for hydroxylation is 6. The molecule has 0 saturated carbocycles. The zero-order valence-electron chi connectivity index (χ0n) is 18.1. The SMILES string of the molecule is Cc1ccc(NP(=O)(Nc2ccc(C)cc2C)Nc2ccc(C)cc2C)c(C)c1. The van der Waals surface area contributed by atoms with E-state index in [1.807, 2.05) is 57.2 Å². The van der Waals surface area contributed by atoms with Gasteiger partial charge in [-0.25, -0.2) is 0 Å². The average molecular weight is 407 g/mol. The molecule has 3 aromatic rings. The Kier molecular flexibility index (Phi) is 6.04. The molecule has 152 valence electrons. The van der Waals surface area contributed by atoms with Crippen LogP contribution in [-0.4, -0.2) is 0 Å². The minimum Gasteiger partial charge on any atom is -0.304 e. The molecular weight excluding hydrogens is 377 g/mol. The fourth-order valence-corrected chi connectivity index (χ4v) is 5.35. The Morgan fingerprint density at radius 2 is 0.793 bits per heavy atom. The largest absolute Gasteiger partial charge is 0.352 e. The van der Waals surface area contributed by atoms with Gasteiger partial charge in [0.1, 0.15) is 0 Å². The first-order valence-corrected chi connectivity index (χ1v) is 11.5. The van der Waals surface area contributed by atoms with Crippen LogP contribution in [0, 0.1) is 41.5 Å². The van der Waals surface area contributed by atoms with Gasteiger partial charge >= 0.3 is 7.59 Å². The van der Waals surface area contributed by atoms with Crippen molar-refractivity contribution >= 4 is 24.7 Å². The number of rotatable bonds is 6. The number of hydrogen-bond acceptors (Lipinski definition) is 1. The molecule has 3 aromatic carbocycles. The van der Waals surface area contributed by atoms with Gasteiger partial charge in [-0.1, -0.05) is 53.1 Å². The lowest BCUT2D eigenvalue weighted by molar-refractivity contribution is 0.585. The fraction of sp³-hybridized carbons (Fsp3) is 0.250. The second-order valence-corrected chi connectivity index (χ2v) is 9.79. The second-order valence-electron chi connectivity index (χ2n) is 7.90. The lowest BCUT2D eigenvalue weighted by Gasteiger charge is -2.26. The van der Waals surface area contributed by atoms with Crippen molar-refractivity contribution < 1.29 is 4.57 Å². The number of anilines is 3. The van der Waals surface area contributed by atoms with E-state index in [1.54, 1.807) is 0 Å². The number of hydrogen-bond donors (Lipinski definition) is 3. The van der Waals surface area contributed by atoms with Gasteiger partial charge in [0.25, 0.3) is 0 Å². The molecule has 29 heavy (non-hydrogen) atoms. The summed E-state index contributed by atoms with van der Waals surface area (Å²) < 4.78 is 14.1. The van der Waals surface area contributed by atoms with Gasteiger partial charge < -0.3 is 15.3 Å². The minimum absolute atomic E-state index is 0.841. The Balaban J connectivity index is 2.00. The summed E-state index contributed by atoms with van der Waals surface area (Å²) in [6.07, 6.45) is 0. The van der Waals surface area contributed by atoms with Crippen molar-refractivity contribution in [3.05, 3.63) is 88.0 Å². The third-order valence-corrected chi connectivity index (χ3v) is 6.65. The number of benzene rings is 3. The van der Waals surface area contributed by atoms with Crippen molar-refractivity contribution in [3.8, 4) is 0 Å². The monoisotopic (exact) mass is 407 g/mol. The normalized spacial score (nSPS) is 11.2. The second kappa shape index (κ2) is 8.34. The third-order valence-electron chi connectivity index (χ3n) is 4.98. The van der Waals surface area contributed by atoms with Crippen LogP contribution in [0.25, 0.3) is 0 Å². The van der Waals surface area contributed by atoms with E-state index in [9.17, 15) is 4.57 Å². The highest BCUT2D eigenvalue weighted by Crippen LogP contribution is 2.47. The van der Waals surface area contributed by atoms with Gasteiger partial charge in [0, 0.05) is 17.1 Å². The summed E-state index contributed by atoms with van der Waals surface area (Å²) in [5.41, 5.74) is 9.20. The Labute approximate surface area is 174 Å². The Bertz CT molecular complexity index is 955. The maximum absolute atomic E-state index is 14.1. The van der Waals surface area contributed by atoms with Crippen LogP contribution in [0.1, 0.15) is 33.4 Å². The standard InChI is InChI=1S/C24H30N3OP/c1-16-7-10-22(19(4)13-16)25-29(28,26-23-11-8-17(2)14-20(23)5)27-24-12-9-18(3)15-21(24)6/h7-15H,1-6H3,(H3,25,26,27,28). The Hall–Kier alpha value is -2.71. The van der Waals surface area contributed by atoms with Crippen LogP contribution in [0.15, 0.2) is 54.6 Å². The molecule has 0 aliphatic heterocycles. The van der Waals surface area contributed by atoms with E-state index in [0.717, 1.165) is 33.8 Å². The molecule has 0 spiro atoms. The summed E-state index contributed by atoms with van der Waals surface area (Å²) in [5, 5.41) is 9.79. The van der Waals surface area contributed by atoms with Crippen LogP contribution in [0.4, 0.5) is 17.1 Å². The molecule has 0 atom stereocenters. The Morgan fingerprint density at radius 1 is 0.517 bits per heavy atom. The van der Waals surface area contributed by atoms with Crippen molar-refractivity contribution in [2.75, 3.05) is 15.3 Å². The number of nitrogens with one attached hydrogen (secondary N) is 3. The summed E-state index contributed by atoms with van der Waals surface area (Å²) in [6, 6.07) is 18.2. The zero-order chi connectivity index (χ0) is 21.2. The molecule has 0 aliphatic carbocycles. The first-order valence-electron chi connectivity index (χ1n) is 9.82. The third kappa shape index (κ3) is 5.21. The minimum atomic E-state index is -3.26. The molecule has 0 aliphatic rings. The van der Waals surface area contributed by atoms with Gasteiger partial charge in [0.2, 0.25) is 0 Å². The first-order chi connectivity index (χ1) is 13.6. The molecule has 3 N–H and O–H groups in total. The highest BCUT2D eigenvalue weighted by atomic mass is 31.2. The summed E-state index contributed by atoms with van der Waals surface area (Å²) in [4.78, 5) is 0. The van der Waals surface area contributed by atoms with Gasteiger partial charge in [0.05, 0.1) is 0 Å². The van der Waals surface area contributed by atoms with Crippen LogP contribution < -0.4 is 15.3 Å². The van der Waals surface area contributed by atoms with E-state index in [1.165, 1.54) is 16.7 Å². The molecule has 0 amide bonds. The zero-order valence-corrected chi connectivity index (χ0v) is 18.9. The van der Waals surface area contributed by atoms with Gasteiger partial charge in [-0.05, 0) is 76.4 Å². The first kappa shape index (κ1) is 21.0. The predicted octanol–water partition coefficient (Wildman–Crippen LogP) is 7.28. The van der Waals surface area contributed by atoms with Crippen molar-refractivity contribution in [2.45, 2.75) is 41.5 Å². The summed E-state index contributed by atoms with van der Waals surface area (Å²) in [7, 11) is -3.26. The molecule has 3 rings (SSSR count). The fourth-order valence-electron chi connectivity index (χ4n) is 3.41. The van der Waals surface area contributed by atoms with E-state index in [4.69, 9.17) is 0 Å². The topological polar surface area (TPSA) is 53.2 Å². The molecule has 0 saturated heterocycles. The van der Waals surface area contributed by atoms with Gasteiger partial charge in [0.15, 0.2) is 0 Å². The maximum Gasteiger partial charge on any atom is 0.352 e. The smallest absolute Gasteiger partial charge is 0.304 e. The van der Waals surface area contributed by atoms with Crippen LogP contribution >= 0.6 is 7.59 Å². The highest BCUT2D eigenvalue weighted by Gasteiger charge is 2.24. The van der Waals surface area contributed by atoms with Crippen LogP contribution in [-0.2, 0) is 4.57 Å². The molecular formula is C24H30N3OP. The molecule has 0 aromatic heterocycles. The molecule has 0 radical (unpaired) electrons. The lowest BCUT2D eigenvalue weighted by atomic mass is 10.1.